The number of pyridine rings is 1. The van der Waals surface area contributed by atoms with Crippen LogP contribution in [-0.2, 0) is 0 Å². The Hall–Kier alpha value is -1.14. The van der Waals surface area contributed by atoms with Crippen molar-refractivity contribution in [2.24, 2.45) is 0 Å². The maximum absolute atomic E-state index is 12.4. The molecule has 0 radical (unpaired) electrons. The van der Waals surface area contributed by atoms with Gasteiger partial charge in [0.2, 0.25) is 0 Å². The number of hydrogen-bond donors (Lipinski definition) is 2. The summed E-state index contributed by atoms with van der Waals surface area (Å²) in [6.07, 6.45) is 3.83. The van der Waals surface area contributed by atoms with Gasteiger partial charge in [-0.05, 0) is 41.4 Å². The van der Waals surface area contributed by atoms with Gasteiger partial charge < -0.3 is 15.5 Å². The summed E-state index contributed by atoms with van der Waals surface area (Å²) in [4.78, 5) is 18.5. The Bertz CT molecular complexity index is 458. The number of anilines is 1. The second kappa shape index (κ2) is 6.34. The summed E-state index contributed by atoms with van der Waals surface area (Å²) in [5, 5.41) is 6.36. The molecule has 1 aromatic heterocycles. The summed E-state index contributed by atoms with van der Waals surface area (Å²) >= 11 is 3.37. The molecule has 0 spiro atoms. The highest BCUT2D eigenvalue weighted by atomic mass is 79.9. The highest BCUT2D eigenvalue weighted by Gasteiger charge is 2.20. The van der Waals surface area contributed by atoms with Gasteiger partial charge in [0, 0.05) is 37.4 Å². The van der Waals surface area contributed by atoms with Crippen molar-refractivity contribution in [3.05, 3.63) is 22.3 Å². The van der Waals surface area contributed by atoms with Crippen molar-refractivity contribution in [2.45, 2.75) is 18.9 Å². The minimum atomic E-state index is -0.0637. The lowest BCUT2D eigenvalue weighted by atomic mass is 10.1. The molecule has 2 rings (SSSR count). The molecule has 104 valence electrons. The number of carbonyl (C=O) groups is 1. The topological polar surface area (TPSA) is 57.3 Å². The van der Waals surface area contributed by atoms with E-state index in [1.807, 2.05) is 25.1 Å². The van der Waals surface area contributed by atoms with Crippen LogP contribution in [0.15, 0.2) is 16.7 Å². The zero-order valence-corrected chi connectivity index (χ0v) is 12.8. The number of nitrogens with one attached hydrogen (secondary N) is 2. The predicted octanol–water partition coefficient (Wildman–Crippen LogP) is 1.39. The van der Waals surface area contributed by atoms with Crippen molar-refractivity contribution in [3.8, 4) is 0 Å². The number of amides is 1. The lowest BCUT2D eigenvalue weighted by Gasteiger charge is -2.24. The Morgan fingerprint density at radius 2 is 2.37 bits per heavy atom. The first-order chi connectivity index (χ1) is 9.08. The third kappa shape index (κ3) is 3.67. The van der Waals surface area contributed by atoms with E-state index in [9.17, 15) is 4.79 Å². The van der Waals surface area contributed by atoms with Crippen molar-refractivity contribution in [2.75, 3.05) is 32.1 Å². The van der Waals surface area contributed by atoms with E-state index in [2.05, 4.69) is 31.5 Å². The summed E-state index contributed by atoms with van der Waals surface area (Å²) in [5.74, 6) is 0.621. The van der Waals surface area contributed by atoms with Gasteiger partial charge >= 0.3 is 0 Å². The molecule has 19 heavy (non-hydrogen) atoms. The van der Waals surface area contributed by atoms with Crippen LogP contribution in [-0.4, -0.2) is 44.1 Å². The van der Waals surface area contributed by atoms with Crippen LogP contribution in [0.4, 0.5) is 5.82 Å². The summed E-state index contributed by atoms with van der Waals surface area (Å²) in [6.45, 7) is 1.87. The minimum absolute atomic E-state index is 0.0637. The number of halogens is 1. The van der Waals surface area contributed by atoms with E-state index >= 15 is 0 Å². The van der Waals surface area contributed by atoms with Gasteiger partial charge in [-0.2, -0.15) is 0 Å². The molecule has 1 amide bonds. The average Bonchev–Trinajstić information content (AvgIpc) is 2.39. The molecule has 2 heterocycles. The molecule has 6 heteroatoms. The minimum Gasteiger partial charge on any atom is -0.362 e. The van der Waals surface area contributed by atoms with Crippen molar-refractivity contribution < 1.29 is 4.79 Å². The molecule has 0 bridgehead atoms. The van der Waals surface area contributed by atoms with E-state index in [1.54, 1.807) is 6.20 Å². The summed E-state index contributed by atoms with van der Waals surface area (Å²) in [7, 11) is 3.77. The zero-order chi connectivity index (χ0) is 13.8. The van der Waals surface area contributed by atoms with Crippen LogP contribution in [0, 0.1) is 0 Å². The number of piperidine rings is 1. The van der Waals surface area contributed by atoms with E-state index < -0.39 is 0 Å². The number of carbonyl (C=O) groups excluding carboxylic acids is 1. The molecule has 1 aromatic rings. The van der Waals surface area contributed by atoms with Crippen molar-refractivity contribution in [3.63, 3.8) is 0 Å². The third-order valence-corrected chi connectivity index (χ3v) is 3.57. The molecule has 1 atom stereocenters. The quantitative estimate of drug-likeness (QED) is 0.881. The van der Waals surface area contributed by atoms with Crippen LogP contribution >= 0.6 is 15.9 Å². The Morgan fingerprint density at radius 1 is 1.58 bits per heavy atom. The van der Waals surface area contributed by atoms with Crippen LogP contribution in [0.5, 0.6) is 0 Å². The number of nitrogens with zero attached hydrogens (tertiary/aromatic N) is 2. The molecule has 0 aromatic carbocycles. The molecule has 1 saturated heterocycles. The summed E-state index contributed by atoms with van der Waals surface area (Å²) in [5.41, 5.74) is 0.602. The first-order valence-corrected chi connectivity index (χ1v) is 7.21. The molecule has 1 fully saturated rings. The maximum Gasteiger partial charge on any atom is 0.255 e. The maximum atomic E-state index is 12.4. The largest absolute Gasteiger partial charge is 0.362 e. The zero-order valence-electron chi connectivity index (χ0n) is 11.2. The van der Waals surface area contributed by atoms with Crippen LogP contribution in [0.25, 0.3) is 0 Å². The van der Waals surface area contributed by atoms with Gasteiger partial charge in [-0.1, -0.05) is 0 Å². The number of rotatable bonds is 3. The van der Waals surface area contributed by atoms with Gasteiger partial charge in [-0.3, -0.25) is 4.79 Å². The monoisotopic (exact) mass is 326 g/mol. The van der Waals surface area contributed by atoms with Gasteiger partial charge in [-0.25, -0.2) is 4.98 Å². The number of hydrogen-bond acceptors (Lipinski definition) is 4. The number of aromatic nitrogens is 1. The summed E-state index contributed by atoms with van der Waals surface area (Å²) < 4.78 is 0.810. The first kappa shape index (κ1) is 14.3. The fraction of sp³-hybridized carbons (Fsp3) is 0.538. The third-order valence-electron chi connectivity index (χ3n) is 3.13. The average molecular weight is 327 g/mol. The Morgan fingerprint density at radius 3 is 3.00 bits per heavy atom. The van der Waals surface area contributed by atoms with Gasteiger partial charge in [0.25, 0.3) is 5.91 Å². The first-order valence-electron chi connectivity index (χ1n) is 6.42. The fourth-order valence-corrected chi connectivity index (χ4v) is 2.52. The summed E-state index contributed by atoms with van der Waals surface area (Å²) in [6, 6.07) is 2.02. The second-order valence-electron chi connectivity index (χ2n) is 4.94. The fourth-order valence-electron chi connectivity index (χ4n) is 2.19. The van der Waals surface area contributed by atoms with Crippen LogP contribution < -0.4 is 15.5 Å². The van der Waals surface area contributed by atoms with Gasteiger partial charge in [-0.15, -0.1) is 0 Å². The van der Waals surface area contributed by atoms with E-state index in [4.69, 9.17) is 0 Å². The molecular formula is C13H19BrN4O. The van der Waals surface area contributed by atoms with E-state index in [0.29, 0.717) is 11.4 Å². The Balaban J connectivity index is 2.15. The lowest BCUT2D eigenvalue weighted by molar-refractivity contribution is 0.0931. The van der Waals surface area contributed by atoms with Crippen LogP contribution in [0.3, 0.4) is 0 Å². The molecule has 2 N–H and O–H groups in total. The van der Waals surface area contributed by atoms with Crippen molar-refractivity contribution >= 4 is 27.7 Å². The highest BCUT2D eigenvalue weighted by molar-refractivity contribution is 9.10. The molecule has 0 saturated carbocycles. The van der Waals surface area contributed by atoms with Crippen molar-refractivity contribution in [1.29, 1.82) is 0 Å². The smallest absolute Gasteiger partial charge is 0.255 e. The standard InChI is InChI=1S/C13H19BrN4O/c1-18(2)12-11(6-9(14)7-16-12)13(19)17-10-4-3-5-15-8-10/h6-7,10,15H,3-5,8H2,1-2H3,(H,17,19)/t10-/m0/s1. The molecule has 0 aliphatic carbocycles. The van der Waals surface area contributed by atoms with Gasteiger partial charge in [0.15, 0.2) is 0 Å². The Labute approximate surface area is 121 Å². The Kier molecular flexibility index (Phi) is 4.76. The van der Waals surface area contributed by atoms with Crippen LogP contribution in [0.2, 0.25) is 0 Å². The molecule has 0 unspecified atom stereocenters. The van der Waals surface area contributed by atoms with E-state index in [0.717, 1.165) is 30.4 Å². The SMILES string of the molecule is CN(C)c1ncc(Br)cc1C(=O)N[C@H]1CCCNC1. The molecule has 1 aliphatic rings. The normalized spacial score (nSPS) is 19.0. The van der Waals surface area contributed by atoms with Gasteiger partial charge in [0.05, 0.1) is 5.56 Å². The highest BCUT2D eigenvalue weighted by Crippen LogP contribution is 2.20. The second-order valence-corrected chi connectivity index (χ2v) is 5.85. The van der Waals surface area contributed by atoms with Gasteiger partial charge in [0.1, 0.15) is 5.82 Å². The lowest BCUT2D eigenvalue weighted by Crippen LogP contribution is -2.45. The van der Waals surface area contributed by atoms with E-state index in [-0.39, 0.29) is 11.9 Å². The molecule has 5 nitrogen and oxygen atoms in total. The molecular weight excluding hydrogens is 308 g/mol. The van der Waals surface area contributed by atoms with Crippen LogP contribution in [0.1, 0.15) is 23.2 Å². The van der Waals surface area contributed by atoms with Crippen molar-refractivity contribution in [1.82, 2.24) is 15.6 Å². The predicted molar refractivity (Wildman–Crippen MR) is 79.6 cm³/mol. The van der Waals surface area contributed by atoms with E-state index in [1.165, 1.54) is 0 Å². The molecule has 1 aliphatic heterocycles.